The molecular formula is C25H28Cl2N4O2. The van der Waals surface area contributed by atoms with Gasteiger partial charge in [0.25, 0.3) is 0 Å². The molecule has 1 N–H and O–H groups in total. The number of rotatable bonds is 7. The van der Waals surface area contributed by atoms with E-state index in [-0.39, 0.29) is 17.9 Å². The fourth-order valence-corrected chi connectivity index (χ4v) is 4.65. The summed E-state index contributed by atoms with van der Waals surface area (Å²) >= 11 is 12.2. The summed E-state index contributed by atoms with van der Waals surface area (Å²) in [6, 6.07) is 13.6. The average Bonchev–Trinajstić information content (AvgIpc) is 3.26. The van der Waals surface area contributed by atoms with Crippen molar-refractivity contribution in [2.45, 2.75) is 45.7 Å². The van der Waals surface area contributed by atoms with Crippen LogP contribution in [0, 0.1) is 12.8 Å². The van der Waals surface area contributed by atoms with Gasteiger partial charge >= 0.3 is 0 Å². The van der Waals surface area contributed by atoms with Gasteiger partial charge in [-0.25, -0.2) is 0 Å². The number of benzene rings is 2. The zero-order chi connectivity index (χ0) is 23.4. The molecule has 174 valence electrons. The van der Waals surface area contributed by atoms with E-state index in [1.165, 1.54) is 5.56 Å². The van der Waals surface area contributed by atoms with Crippen LogP contribution in [-0.2, 0) is 11.3 Å². The summed E-state index contributed by atoms with van der Waals surface area (Å²) in [6.45, 7) is 6.33. The number of halogens is 2. The van der Waals surface area contributed by atoms with E-state index in [0.717, 1.165) is 37.9 Å². The van der Waals surface area contributed by atoms with Gasteiger partial charge in [0.2, 0.25) is 17.6 Å². The molecule has 1 amide bonds. The van der Waals surface area contributed by atoms with Crippen molar-refractivity contribution in [3.05, 3.63) is 69.5 Å². The fraction of sp³-hybridized carbons (Fsp3) is 0.400. The van der Waals surface area contributed by atoms with Crippen LogP contribution in [-0.4, -0.2) is 34.0 Å². The Labute approximate surface area is 204 Å². The number of carbonyl (C=O) groups is 1. The van der Waals surface area contributed by atoms with Gasteiger partial charge in [0.1, 0.15) is 0 Å². The minimum atomic E-state index is 0.0202. The number of hydrogen-bond donors (Lipinski definition) is 1. The smallest absolute Gasteiger partial charge is 0.241 e. The van der Waals surface area contributed by atoms with Crippen LogP contribution in [0.4, 0.5) is 0 Å². The molecule has 2 heterocycles. The molecule has 0 bridgehead atoms. The van der Waals surface area contributed by atoms with E-state index in [1.807, 2.05) is 0 Å². The Bertz CT molecular complexity index is 1090. The summed E-state index contributed by atoms with van der Waals surface area (Å²) < 4.78 is 5.43. The Kier molecular flexibility index (Phi) is 7.68. The number of carbonyl (C=O) groups excluding carboxylic acids is 1. The molecule has 0 radical (unpaired) electrons. The maximum absolute atomic E-state index is 12.9. The van der Waals surface area contributed by atoms with Gasteiger partial charge in [-0.05, 0) is 63.0 Å². The molecule has 1 atom stereocenters. The fourth-order valence-electron chi connectivity index (χ4n) is 4.15. The van der Waals surface area contributed by atoms with Gasteiger partial charge in [-0.2, -0.15) is 4.98 Å². The minimum Gasteiger partial charge on any atom is -0.349 e. The van der Waals surface area contributed by atoms with Crippen molar-refractivity contribution in [1.29, 1.82) is 0 Å². The summed E-state index contributed by atoms with van der Waals surface area (Å²) in [7, 11) is 0. The molecule has 0 saturated carbocycles. The Hall–Kier alpha value is -2.41. The Balaban J connectivity index is 1.29. The van der Waals surface area contributed by atoms with E-state index < -0.39 is 0 Å². The molecule has 1 saturated heterocycles. The van der Waals surface area contributed by atoms with Crippen LogP contribution in [0.2, 0.25) is 10.0 Å². The molecule has 4 rings (SSSR count). The van der Waals surface area contributed by atoms with E-state index >= 15 is 0 Å². The van der Waals surface area contributed by atoms with Gasteiger partial charge in [0.05, 0.1) is 17.6 Å². The largest absolute Gasteiger partial charge is 0.349 e. The number of hydrogen-bond acceptors (Lipinski definition) is 5. The van der Waals surface area contributed by atoms with Crippen LogP contribution < -0.4 is 5.32 Å². The molecule has 1 aliphatic heterocycles. The standard InChI is InChI=1S/C25H28Cl2N4O2/c1-3-22(17-6-4-16(2)5-7-17)28-25(32)18-10-12-31(13-11-18)15-23-29-24(30-33-23)20-9-8-19(26)14-21(20)27/h4-9,14,18,22H,3,10-13,15H2,1-2H3,(H,28,32). The Morgan fingerprint density at radius 2 is 1.91 bits per heavy atom. The van der Waals surface area contributed by atoms with Gasteiger partial charge in [0.15, 0.2) is 0 Å². The highest BCUT2D eigenvalue weighted by Gasteiger charge is 2.27. The van der Waals surface area contributed by atoms with Crippen molar-refractivity contribution in [2.75, 3.05) is 13.1 Å². The molecule has 2 aromatic carbocycles. The van der Waals surface area contributed by atoms with Gasteiger partial charge in [-0.1, -0.05) is 65.1 Å². The molecule has 0 aliphatic carbocycles. The SMILES string of the molecule is CCC(NC(=O)C1CCN(Cc2nc(-c3ccc(Cl)cc3Cl)no2)CC1)c1ccc(C)cc1. The normalized spacial score (nSPS) is 16.0. The zero-order valence-corrected chi connectivity index (χ0v) is 20.4. The molecule has 1 unspecified atom stereocenters. The van der Waals surface area contributed by atoms with Crippen molar-refractivity contribution in [1.82, 2.24) is 20.4 Å². The van der Waals surface area contributed by atoms with Gasteiger partial charge in [-0.15, -0.1) is 0 Å². The van der Waals surface area contributed by atoms with E-state index in [2.05, 4.69) is 58.5 Å². The molecule has 1 aromatic heterocycles. The lowest BCUT2D eigenvalue weighted by atomic mass is 9.94. The van der Waals surface area contributed by atoms with Crippen molar-refractivity contribution in [3.63, 3.8) is 0 Å². The van der Waals surface area contributed by atoms with Crippen LogP contribution in [0.3, 0.4) is 0 Å². The van der Waals surface area contributed by atoms with E-state index in [4.69, 9.17) is 27.7 Å². The number of amides is 1. The molecule has 33 heavy (non-hydrogen) atoms. The first-order chi connectivity index (χ1) is 15.9. The lowest BCUT2D eigenvalue weighted by Crippen LogP contribution is -2.41. The second-order valence-corrected chi connectivity index (χ2v) is 9.41. The summed E-state index contributed by atoms with van der Waals surface area (Å²) in [5.41, 5.74) is 3.06. The van der Waals surface area contributed by atoms with E-state index in [9.17, 15) is 4.79 Å². The quantitative estimate of drug-likeness (QED) is 0.454. The van der Waals surface area contributed by atoms with Crippen LogP contribution in [0.5, 0.6) is 0 Å². The molecular weight excluding hydrogens is 459 g/mol. The summed E-state index contributed by atoms with van der Waals surface area (Å²) in [5.74, 6) is 1.14. The monoisotopic (exact) mass is 486 g/mol. The maximum Gasteiger partial charge on any atom is 0.241 e. The number of likely N-dealkylation sites (tertiary alicyclic amines) is 1. The molecule has 6 nitrogen and oxygen atoms in total. The van der Waals surface area contributed by atoms with Crippen LogP contribution in [0.1, 0.15) is 49.2 Å². The molecule has 0 spiro atoms. The third-order valence-corrected chi connectivity index (χ3v) is 6.71. The topological polar surface area (TPSA) is 71.3 Å². The highest BCUT2D eigenvalue weighted by molar-refractivity contribution is 6.36. The molecule has 1 aliphatic rings. The minimum absolute atomic E-state index is 0.0202. The second-order valence-electron chi connectivity index (χ2n) is 8.57. The summed E-state index contributed by atoms with van der Waals surface area (Å²) in [4.78, 5) is 19.6. The number of aromatic nitrogens is 2. The first-order valence-electron chi connectivity index (χ1n) is 11.3. The van der Waals surface area contributed by atoms with Crippen LogP contribution >= 0.6 is 23.2 Å². The van der Waals surface area contributed by atoms with Crippen molar-refractivity contribution in [2.24, 2.45) is 5.92 Å². The number of nitrogens with zero attached hydrogens (tertiary/aromatic N) is 3. The first-order valence-corrected chi connectivity index (χ1v) is 12.1. The molecule has 8 heteroatoms. The molecule has 1 fully saturated rings. The van der Waals surface area contributed by atoms with E-state index in [0.29, 0.717) is 33.9 Å². The molecule has 3 aromatic rings. The van der Waals surface area contributed by atoms with Crippen molar-refractivity contribution < 1.29 is 9.32 Å². The van der Waals surface area contributed by atoms with Gasteiger partial charge < -0.3 is 9.84 Å². The van der Waals surface area contributed by atoms with Crippen LogP contribution in [0.15, 0.2) is 47.0 Å². The summed E-state index contributed by atoms with van der Waals surface area (Å²) in [5, 5.41) is 8.35. The number of nitrogens with one attached hydrogen (secondary N) is 1. The lowest BCUT2D eigenvalue weighted by Gasteiger charge is -2.31. The third kappa shape index (κ3) is 5.94. The number of piperidine rings is 1. The highest BCUT2D eigenvalue weighted by atomic mass is 35.5. The van der Waals surface area contributed by atoms with Crippen LogP contribution in [0.25, 0.3) is 11.4 Å². The lowest BCUT2D eigenvalue weighted by molar-refractivity contribution is -0.127. The predicted molar refractivity (Wildman–Crippen MR) is 130 cm³/mol. The summed E-state index contributed by atoms with van der Waals surface area (Å²) in [6.07, 6.45) is 2.48. The van der Waals surface area contributed by atoms with Crippen molar-refractivity contribution >= 4 is 29.1 Å². The van der Waals surface area contributed by atoms with Gasteiger partial charge in [-0.3, -0.25) is 9.69 Å². The third-order valence-electron chi connectivity index (χ3n) is 6.16. The Morgan fingerprint density at radius 1 is 1.18 bits per heavy atom. The predicted octanol–water partition coefficient (Wildman–Crippen LogP) is 5.83. The van der Waals surface area contributed by atoms with E-state index in [1.54, 1.807) is 18.2 Å². The Morgan fingerprint density at radius 3 is 2.58 bits per heavy atom. The number of aryl methyl sites for hydroxylation is 1. The zero-order valence-electron chi connectivity index (χ0n) is 18.9. The average molecular weight is 487 g/mol. The van der Waals surface area contributed by atoms with Crippen molar-refractivity contribution in [3.8, 4) is 11.4 Å². The second kappa shape index (κ2) is 10.7. The highest BCUT2D eigenvalue weighted by Crippen LogP contribution is 2.29. The maximum atomic E-state index is 12.9. The first kappa shape index (κ1) is 23.7. The van der Waals surface area contributed by atoms with Gasteiger partial charge in [0, 0.05) is 16.5 Å².